The standard InChI is InChI=1S/C9H5BrClNO2/c10-3-5-1-7(9(13)14)8(11)2-6(5)4-12/h1-2H,3H2,(H,13,14). The summed E-state index contributed by atoms with van der Waals surface area (Å²) in [6, 6.07) is 4.71. The number of nitriles is 1. The minimum atomic E-state index is -1.10. The highest BCUT2D eigenvalue weighted by atomic mass is 79.9. The van der Waals surface area contributed by atoms with Gasteiger partial charge in [-0.2, -0.15) is 5.26 Å². The molecule has 0 aliphatic heterocycles. The SMILES string of the molecule is N#Cc1cc(Cl)c(C(=O)O)cc1CBr. The first-order chi connectivity index (χ1) is 6.60. The zero-order chi connectivity index (χ0) is 10.7. The molecular weight excluding hydrogens is 269 g/mol. The van der Waals surface area contributed by atoms with Crippen LogP contribution in [0.15, 0.2) is 12.1 Å². The van der Waals surface area contributed by atoms with Crippen molar-refractivity contribution >= 4 is 33.5 Å². The van der Waals surface area contributed by atoms with E-state index in [-0.39, 0.29) is 10.6 Å². The molecule has 5 heteroatoms. The Morgan fingerprint density at radius 1 is 1.64 bits per heavy atom. The maximum absolute atomic E-state index is 10.7. The molecule has 1 aromatic rings. The van der Waals surface area contributed by atoms with E-state index in [9.17, 15) is 4.79 Å². The molecule has 0 aliphatic rings. The van der Waals surface area contributed by atoms with Crippen LogP contribution in [0, 0.1) is 11.3 Å². The van der Waals surface area contributed by atoms with Crippen LogP contribution in [0.25, 0.3) is 0 Å². The number of rotatable bonds is 2. The zero-order valence-corrected chi connectivity index (χ0v) is 9.26. The monoisotopic (exact) mass is 273 g/mol. The van der Waals surface area contributed by atoms with Crippen molar-refractivity contribution in [3.8, 4) is 6.07 Å². The highest BCUT2D eigenvalue weighted by molar-refractivity contribution is 9.08. The summed E-state index contributed by atoms with van der Waals surface area (Å²) in [5.41, 5.74) is 1.02. The lowest BCUT2D eigenvalue weighted by Gasteiger charge is -2.03. The Labute approximate surface area is 94.0 Å². The molecule has 1 aromatic carbocycles. The van der Waals surface area contributed by atoms with Gasteiger partial charge in [0.2, 0.25) is 0 Å². The molecule has 0 unspecified atom stereocenters. The average Bonchev–Trinajstić information content (AvgIpc) is 2.16. The number of carboxylic acid groups (broad SMARTS) is 1. The molecule has 0 fully saturated rings. The molecule has 0 amide bonds. The quantitative estimate of drug-likeness (QED) is 0.844. The summed E-state index contributed by atoms with van der Waals surface area (Å²) in [4.78, 5) is 10.7. The third kappa shape index (κ3) is 2.06. The largest absolute Gasteiger partial charge is 0.478 e. The van der Waals surface area contributed by atoms with Crippen LogP contribution in [0.2, 0.25) is 5.02 Å². The van der Waals surface area contributed by atoms with Crippen LogP contribution in [-0.2, 0) is 5.33 Å². The van der Waals surface area contributed by atoms with Gasteiger partial charge in [0.15, 0.2) is 0 Å². The summed E-state index contributed by atoms with van der Waals surface area (Å²) in [5.74, 6) is -1.10. The predicted octanol–water partition coefficient (Wildman–Crippen LogP) is 2.80. The number of carboxylic acids is 1. The highest BCUT2D eigenvalue weighted by Crippen LogP contribution is 2.22. The van der Waals surface area contributed by atoms with E-state index in [0.29, 0.717) is 16.5 Å². The van der Waals surface area contributed by atoms with E-state index >= 15 is 0 Å². The normalized spacial score (nSPS) is 9.50. The van der Waals surface area contributed by atoms with Crippen LogP contribution >= 0.6 is 27.5 Å². The Balaban J connectivity index is 3.39. The molecule has 0 bridgehead atoms. The van der Waals surface area contributed by atoms with Crippen molar-refractivity contribution in [1.29, 1.82) is 5.26 Å². The van der Waals surface area contributed by atoms with E-state index in [1.807, 2.05) is 6.07 Å². The van der Waals surface area contributed by atoms with Gasteiger partial charge in [-0.3, -0.25) is 0 Å². The second kappa shape index (κ2) is 4.45. The molecule has 0 saturated carbocycles. The smallest absolute Gasteiger partial charge is 0.337 e. The lowest BCUT2D eigenvalue weighted by atomic mass is 10.1. The summed E-state index contributed by atoms with van der Waals surface area (Å²) in [5, 5.41) is 18.0. The van der Waals surface area contributed by atoms with E-state index in [1.54, 1.807) is 0 Å². The minimum absolute atomic E-state index is 0.0140. The fraction of sp³-hybridized carbons (Fsp3) is 0.111. The molecule has 0 saturated heterocycles. The lowest BCUT2D eigenvalue weighted by molar-refractivity contribution is 0.0697. The van der Waals surface area contributed by atoms with E-state index < -0.39 is 5.97 Å². The summed E-state index contributed by atoms with van der Waals surface area (Å²) >= 11 is 8.85. The van der Waals surface area contributed by atoms with Gasteiger partial charge in [-0.05, 0) is 17.7 Å². The van der Waals surface area contributed by atoms with E-state index in [2.05, 4.69) is 15.9 Å². The van der Waals surface area contributed by atoms with Crippen LogP contribution in [0.1, 0.15) is 21.5 Å². The molecule has 0 heterocycles. The van der Waals surface area contributed by atoms with Crippen LogP contribution in [0.4, 0.5) is 0 Å². The van der Waals surface area contributed by atoms with Gasteiger partial charge in [-0.15, -0.1) is 0 Å². The van der Waals surface area contributed by atoms with Gasteiger partial charge in [0.25, 0.3) is 0 Å². The molecule has 3 nitrogen and oxygen atoms in total. The maximum atomic E-state index is 10.7. The molecule has 0 radical (unpaired) electrons. The van der Waals surface area contributed by atoms with Crippen LogP contribution in [0.3, 0.4) is 0 Å². The first-order valence-corrected chi connectivity index (χ1v) is 5.12. The van der Waals surface area contributed by atoms with E-state index in [4.69, 9.17) is 22.0 Å². The number of carbonyl (C=O) groups is 1. The van der Waals surface area contributed by atoms with Crippen molar-refractivity contribution in [1.82, 2.24) is 0 Å². The molecule has 72 valence electrons. The summed E-state index contributed by atoms with van der Waals surface area (Å²) in [6.45, 7) is 0. The number of nitrogens with zero attached hydrogens (tertiary/aromatic N) is 1. The third-order valence-electron chi connectivity index (χ3n) is 1.69. The molecule has 1 N–H and O–H groups in total. The Kier molecular flexibility index (Phi) is 3.50. The van der Waals surface area contributed by atoms with Gasteiger partial charge in [0.1, 0.15) is 0 Å². The molecule has 0 spiro atoms. The number of aromatic carboxylic acids is 1. The van der Waals surface area contributed by atoms with Gasteiger partial charge in [0.05, 0.1) is 22.2 Å². The topological polar surface area (TPSA) is 61.1 Å². The summed E-state index contributed by atoms with van der Waals surface area (Å²) in [6.07, 6.45) is 0. The van der Waals surface area contributed by atoms with Crippen molar-refractivity contribution in [2.75, 3.05) is 0 Å². The third-order valence-corrected chi connectivity index (χ3v) is 2.60. The number of hydrogen-bond donors (Lipinski definition) is 1. The van der Waals surface area contributed by atoms with Crippen molar-refractivity contribution in [3.63, 3.8) is 0 Å². The van der Waals surface area contributed by atoms with Gasteiger partial charge >= 0.3 is 5.97 Å². The van der Waals surface area contributed by atoms with E-state index in [1.165, 1.54) is 12.1 Å². The average molecular weight is 275 g/mol. The van der Waals surface area contributed by atoms with Gasteiger partial charge in [-0.25, -0.2) is 4.79 Å². The summed E-state index contributed by atoms with van der Waals surface area (Å²) in [7, 11) is 0. The Morgan fingerprint density at radius 2 is 2.29 bits per heavy atom. The number of alkyl halides is 1. The van der Waals surface area contributed by atoms with E-state index in [0.717, 1.165) is 0 Å². The maximum Gasteiger partial charge on any atom is 0.337 e. The van der Waals surface area contributed by atoms with Gasteiger partial charge in [-0.1, -0.05) is 27.5 Å². The number of hydrogen-bond acceptors (Lipinski definition) is 2. The van der Waals surface area contributed by atoms with Crippen molar-refractivity contribution < 1.29 is 9.90 Å². The van der Waals surface area contributed by atoms with Crippen molar-refractivity contribution in [3.05, 3.63) is 33.8 Å². The lowest BCUT2D eigenvalue weighted by Crippen LogP contribution is -2.00. The first-order valence-electron chi connectivity index (χ1n) is 3.62. The molecular formula is C9H5BrClNO2. The summed E-state index contributed by atoms with van der Waals surface area (Å²) < 4.78 is 0. The molecule has 0 atom stereocenters. The van der Waals surface area contributed by atoms with Crippen LogP contribution < -0.4 is 0 Å². The molecule has 1 rings (SSSR count). The second-order valence-corrected chi connectivity index (χ2v) is 3.51. The van der Waals surface area contributed by atoms with Gasteiger partial charge < -0.3 is 5.11 Å². The van der Waals surface area contributed by atoms with Gasteiger partial charge in [0, 0.05) is 5.33 Å². The van der Waals surface area contributed by atoms with Crippen molar-refractivity contribution in [2.24, 2.45) is 0 Å². The van der Waals surface area contributed by atoms with Crippen LogP contribution in [0.5, 0.6) is 0 Å². The number of halogens is 2. The Hall–Kier alpha value is -1.05. The predicted molar refractivity (Wildman–Crippen MR) is 55.8 cm³/mol. The second-order valence-electron chi connectivity index (χ2n) is 2.54. The Morgan fingerprint density at radius 3 is 2.71 bits per heavy atom. The first kappa shape index (κ1) is 11.0. The van der Waals surface area contributed by atoms with Crippen LogP contribution in [-0.4, -0.2) is 11.1 Å². The number of benzene rings is 1. The molecule has 0 aromatic heterocycles. The minimum Gasteiger partial charge on any atom is -0.478 e. The Bertz CT molecular complexity index is 426. The fourth-order valence-corrected chi connectivity index (χ4v) is 1.71. The molecule has 0 aliphatic carbocycles. The highest BCUT2D eigenvalue weighted by Gasteiger charge is 2.12. The zero-order valence-electron chi connectivity index (χ0n) is 6.92. The van der Waals surface area contributed by atoms with Crippen molar-refractivity contribution in [2.45, 2.75) is 5.33 Å². The fourth-order valence-electron chi connectivity index (χ4n) is 0.997. The molecule has 14 heavy (non-hydrogen) atoms.